The second kappa shape index (κ2) is 7.50. The highest BCUT2D eigenvalue weighted by Crippen LogP contribution is 2.46. The number of alkyl halides is 3. The van der Waals surface area contributed by atoms with Crippen molar-refractivity contribution < 1.29 is 35.2 Å². The number of aryl methyl sites for hydroxylation is 1. The van der Waals surface area contributed by atoms with E-state index in [0.717, 1.165) is 22.9 Å². The first-order valence-electron chi connectivity index (χ1n) is 8.49. The van der Waals surface area contributed by atoms with Gasteiger partial charge in [0.25, 0.3) is 5.91 Å². The molecule has 30 heavy (non-hydrogen) atoms. The van der Waals surface area contributed by atoms with E-state index in [1.165, 1.54) is 7.05 Å². The third kappa shape index (κ3) is 3.91. The smallest absolute Gasteiger partial charge is 0.344 e. The van der Waals surface area contributed by atoms with E-state index in [4.69, 9.17) is 11.6 Å². The summed E-state index contributed by atoms with van der Waals surface area (Å²) in [5.74, 6) is -3.33. The maximum atomic E-state index is 13.3. The molecule has 1 heterocycles. The SMILES string of the molecule is Cn1cc(S(=O)(=O)NC2(C(F)(F)F)CCC2)c(Cl)c1C(=O)Nc1ccc(F)c(F)c1. The standard InChI is InChI=1S/C17H15ClF5N3O3S/c1-26-8-12(30(28,29)25-16(5-2-6-16)17(21,22)23)13(18)14(26)15(27)24-9-3-4-10(19)11(20)7-9/h3-4,7-8,25H,2,5-6H2,1H3,(H,24,27). The van der Waals surface area contributed by atoms with E-state index >= 15 is 0 Å². The fraction of sp³-hybridized carbons (Fsp3) is 0.353. The summed E-state index contributed by atoms with van der Waals surface area (Å²) in [6, 6.07) is 2.54. The summed E-state index contributed by atoms with van der Waals surface area (Å²) in [6.07, 6.45) is -4.53. The number of halogens is 6. The Kier molecular flexibility index (Phi) is 5.63. The molecule has 1 saturated carbocycles. The van der Waals surface area contributed by atoms with Crippen LogP contribution in [0.2, 0.25) is 5.02 Å². The minimum absolute atomic E-state index is 0.135. The van der Waals surface area contributed by atoms with Crippen LogP contribution >= 0.6 is 11.6 Å². The molecule has 0 bridgehead atoms. The fourth-order valence-corrected chi connectivity index (χ4v) is 5.21. The first kappa shape index (κ1) is 22.5. The summed E-state index contributed by atoms with van der Waals surface area (Å²) < 4.78 is 94.2. The van der Waals surface area contributed by atoms with Gasteiger partial charge in [0.2, 0.25) is 10.0 Å². The number of nitrogens with zero attached hydrogens (tertiary/aromatic N) is 1. The lowest BCUT2D eigenvalue weighted by Gasteiger charge is -2.43. The van der Waals surface area contributed by atoms with Crippen LogP contribution in [0.25, 0.3) is 0 Å². The Bertz CT molecular complexity index is 1110. The fourth-order valence-electron chi connectivity index (χ4n) is 3.07. The number of nitrogens with one attached hydrogen (secondary N) is 2. The Hall–Kier alpha value is -2.18. The number of carbonyl (C=O) groups is 1. The second-order valence-electron chi connectivity index (χ2n) is 6.89. The van der Waals surface area contributed by atoms with Crippen molar-refractivity contribution in [2.75, 3.05) is 5.32 Å². The Labute approximate surface area is 173 Å². The van der Waals surface area contributed by atoms with Crippen molar-refractivity contribution in [1.29, 1.82) is 0 Å². The zero-order chi connectivity index (χ0) is 22.5. The van der Waals surface area contributed by atoms with Crippen LogP contribution in [0.4, 0.5) is 27.6 Å². The lowest BCUT2D eigenvalue weighted by molar-refractivity contribution is -0.212. The maximum Gasteiger partial charge on any atom is 0.407 e. The number of amides is 1. The number of anilines is 1. The summed E-state index contributed by atoms with van der Waals surface area (Å²) in [5.41, 5.74) is -3.11. The first-order valence-corrected chi connectivity index (χ1v) is 10.4. The molecule has 0 spiro atoms. The summed E-state index contributed by atoms with van der Waals surface area (Å²) in [6.45, 7) is 0. The maximum absolute atomic E-state index is 13.3. The van der Waals surface area contributed by atoms with Gasteiger partial charge < -0.3 is 9.88 Å². The minimum Gasteiger partial charge on any atom is -0.344 e. The molecule has 0 unspecified atom stereocenters. The van der Waals surface area contributed by atoms with E-state index in [1.54, 1.807) is 4.72 Å². The van der Waals surface area contributed by atoms with E-state index in [-0.39, 0.29) is 12.1 Å². The predicted octanol–water partition coefficient (Wildman–Crippen LogP) is 3.97. The van der Waals surface area contributed by atoms with E-state index in [2.05, 4.69) is 5.32 Å². The highest BCUT2D eigenvalue weighted by atomic mass is 35.5. The number of benzene rings is 1. The zero-order valence-corrected chi connectivity index (χ0v) is 16.9. The number of aromatic nitrogens is 1. The van der Waals surface area contributed by atoms with Crippen molar-refractivity contribution in [3.8, 4) is 0 Å². The van der Waals surface area contributed by atoms with Gasteiger partial charge in [0, 0.05) is 25.0 Å². The van der Waals surface area contributed by atoms with Crippen LogP contribution in [0.3, 0.4) is 0 Å². The van der Waals surface area contributed by atoms with Gasteiger partial charge in [0.15, 0.2) is 11.6 Å². The molecule has 2 aromatic rings. The average Bonchev–Trinajstić information content (AvgIpc) is 2.89. The molecule has 0 aliphatic heterocycles. The van der Waals surface area contributed by atoms with Crippen LogP contribution in [0, 0.1) is 11.6 Å². The topological polar surface area (TPSA) is 80.2 Å². The van der Waals surface area contributed by atoms with Crippen LogP contribution in [-0.4, -0.2) is 30.6 Å². The summed E-state index contributed by atoms with van der Waals surface area (Å²) in [5, 5.41) is 1.61. The minimum atomic E-state index is -4.80. The van der Waals surface area contributed by atoms with Gasteiger partial charge in [-0.25, -0.2) is 17.2 Å². The Morgan fingerprint density at radius 2 is 1.83 bits per heavy atom. The molecule has 1 fully saturated rings. The lowest BCUT2D eigenvalue weighted by atomic mass is 9.77. The van der Waals surface area contributed by atoms with Crippen molar-refractivity contribution in [2.24, 2.45) is 7.05 Å². The van der Waals surface area contributed by atoms with Crippen molar-refractivity contribution in [1.82, 2.24) is 9.29 Å². The van der Waals surface area contributed by atoms with Gasteiger partial charge in [-0.2, -0.15) is 17.9 Å². The molecular formula is C17H15ClF5N3O3S. The lowest BCUT2D eigenvalue weighted by Crippen LogP contribution is -2.62. The zero-order valence-electron chi connectivity index (χ0n) is 15.3. The quantitative estimate of drug-likeness (QED) is 0.647. The van der Waals surface area contributed by atoms with Crippen molar-refractivity contribution in [3.63, 3.8) is 0 Å². The number of hydrogen-bond acceptors (Lipinski definition) is 3. The van der Waals surface area contributed by atoms with E-state index < -0.39 is 67.7 Å². The van der Waals surface area contributed by atoms with E-state index in [9.17, 15) is 35.2 Å². The van der Waals surface area contributed by atoms with Crippen molar-refractivity contribution >= 4 is 33.2 Å². The van der Waals surface area contributed by atoms with E-state index in [1.807, 2.05) is 0 Å². The normalized spacial score (nSPS) is 16.2. The van der Waals surface area contributed by atoms with Gasteiger partial charge in [0.1, 0.15) is 16.1 Å². The van der Waals surface area contributed by atoms with Gasteiger partial charge >= 0.3 is 6.18 Å². The summed E-state index contributed by atoms with van der Waals surface area (Å²) in [4.78, 5) is 11.8. The van der Waals surface area contributed by atoms with Crippen LogP contribution in [0.15, 0.2) is 29.3 Å². The molecule has 3 rings (SSSR count). The second-order valence-corrected chi connectivity index (χ2v) is 8.92. The molecule has 0 atom stereocenters. The number of rotatable bonds is 5. The van der Waals surface area contributed by atoms with Crippen LogP contribution in [0.5, 0.6) is 0 Å². The molecule has 1 amide bonds. The molecular weight excluding hydrogens is 457 g/mol. The van der Waals surface area contributed by atoms with Crippen molar-refractivity contribution in [3.05, 3.63) is 46.7 Å². The molecule has 164 valence electrons. The molecule has 13 heteroatoms. The molecule has 2 N–H and O–H groups in total. The highest BCUT2D eigenvalue weighted by Gasteiger charge is 2.60. The van der Waals surface area contributed by atoms with Crippen molar-refractivity contribution in [2.45, 2.75) is 35.9 Å². The predicted molar refractivity (Wildman–Crippen MR) is 97.7 cm³/mol. The Morgan fingerprint density at radius 3 is 2.33 bits per heavy atom. The molecule has 0 saturated heterocycles. The van der Waals surface area contributed by atoms with Gasteiger partial charge in [-0.15, -0.1) is 0 Å². The molecule has 1 aliphatic rings. The third-order valence-corrected chi connectivity index (χ3v) is 6.89. The monoisotopic (exact) mass is 471 g/mol. The molecule has 1 aliphatic carbocycles. The first-order chi connectivity index (χ1) is 13.8. The summed E-state index contributed by atoms with van der Waals surface area (Å²) in [7, 11) is -3.47. The third-order valence-electron chi connectivity index (χ3n) is 4.85. The van der Waals surface area contributed by atoms with Gasteiger partial charge in [-0.3, -0.25) is 4.79 Å². The molecule has 1 aromatic carbocycles. The van der Waals surface area contributed by atoms with Crippen LogP contribution in [0.1, 0.15) is 29.8 Å². The van der Waals surface area contributed by atoms with Gasteiger partial charge in [-0.05, 0) is 31.4 Å². The summed E-state index contributed by atoms with van der Waals surface area (Å²) >= 11 is 6.02. The van der Waals surface area contributed by atoms with E-state index in [0.29, 0.717) is 6.07 Å². The molecule has 0 radical (unpaired) electrons. The average molecular weight is 472 g/mol. The largest absolute Gasteiger partial charge is 0.407 e. The Morgan fingerprint density at radius 1 is 1.20 bits per heavy atom. The van der Waals surface area contributed by atoms with Gasteiger partial charge in [-0.1, -0.05) is 11.6 Å². The number of hydrogen-bond donors (Lipinski definition) is 2. The Balaban J connectivity index is 1.91. The highest BCUT2D eigenvalue weighted by molar-refractivity contribution is 7.89. The molecule has 6 nitrogen and oxygen atoms in total. The van der Waals surface area contributed by atoms with Crippen LogP contribution < -0.4 is 10.0 Å². The van der Waals surface area contributed by atoms with Gasteiger partial charge in [0.05, 0.1) is 5.02 Å². The number of sulfonamides is 1. The molecule has 1 aromatic heterocycles. The number of carbonyl (C=O) groups excluding carboxylic acids is 1. The van der Waals surface area contributed by atoms with Crippen LogP contribution in [-0.2, 0) is 17.1 Å².